The molecule has 0 spiro atoms. The predicted octanol–water partition coefficient (Wildman–Crippen LogP) is 5.24. The number of anilines is 1. The third kappa shape index (κ3) is 6.20. The van der Waals surface area contributed by atoms with Crippen molar-refractivity contribution in [3.8, 4) is 17.2 Å². The molecule has 0 atom stereocenters. The van der Waals surface area contributed by atoms with Gasteiger partial charge in [0.25, 0.3) is 0 Å². The van der Waals surface area contributed by atoms with E-state index in [1.54, 1.807) is 59.3 Å². The van der Waals surface area contributed by atoms with Crippen molar-refractivity contribution < 1.29 is 23.8 Å². The number of aromatic nitrogens is 2. The molecule has 0 radical (unpaired) electrons. The quantitative estimate of drug-likeness (QED) is 0.310. The molecule has 0 bridgehead atoms. The maximum atomic E-state index is 12.4. The molecule has 166 valence electrons. The second-order valence-electron chi connectivity index (χ2n) is 6.86. The molecule has 8 nitrogen and oxygen atoms in total. The van der Waals surface area contributed by atoms with Gasteiger partial charge < -0.3 is 14.2 Å². The van der Waals surface area contributed by atoms with E-state index in [0.717, 1.165) is 5.69 Å². The van der Waals surface area contributed by atoms with Gasteiger partial charge in [0.15, 0.2) is 0 Å². The van der Waals surface area contributed by atoms with Gasteiger partial charge in [0.2, 0.25) is 0 Å². The number of benzene rings is 3. The molecule has 0 unspecified atom stereocenters. The maximum Gasteiger partial charge on any atom is 0.513 e. The highest BCUT2D eigenvalue weighted by atomic mass is 16.7. The van der Waals surface area contributed by atoms with Crippen LogP contribution in [0.2, 0.25) is 0 Å². The van der Waals surface area contributed by atoms with Gasteiger partial charge in [-0.25, -0.2) is 14.3 Å². The molecule has 1 heterocycles. The molecule has 0 saturated heterocycles. The van der Waals surface area contributed by atoms with E-state index in [1.807, 2.05) is 42.5 Å². The van der Waals surface area contributed by atoms with Crippen LogP contribution in [0.4, 0.5) is 15.4 Å². The molecule has 1 amide bonds. The lowest BCUT2D eigenvalue weighted by Crippen LogP contribution is -2.19. The Bertz CT molecular complexity index is 1190. The number of nitrogens with zero attached hydrogens (tertiary/aromatic N) is 2. The van der Waals surface area contributed by atoms with Crippen LogP contribution >= 0.6 is 0 Å². The molecule has 0 aliphatic rings. The molecule has 1 aromatic heterocycles. The van der Waals surface area contributed by atoms with E-state index >= 15 is 0 Å². The van der Waals surface area contributed by atoms with Gasteiger partial charge in [0.1, 0.15) is 23.9 Å². The summed E-state index contributed by atoms with van der Waals surface area (Å²) in [6, 6.07) is 28.5. The fourth-order valence-electron chi connectivity index (χ4n) is 2.99. The Morgan fingerprint density at radius 3 is 2.00 bits per heavy atom. The number of hydrogen-bond donors (Lipinski definition) is 1. The molecule has 1 N–H and O–H groups in total. The van der Waals surface area contributed by atoms with Gasteiger partial charge in [-0.2, -0.15) is 5.10 Å². The molecule has 8 heteroatoms. The SMILES string of the molecule is O=C(Nc1cc(CCOC(=O)Oc2ccccc2)nn1-c1ccccc1)Oc1ccccc1. The van der Waals surface area contributed by atoms with Crippen molar-refractivity contribution in [1.82, 2.24) is 9.78 Å². The summed E-state index contributed by atoms with van der Waals surface area (Å²) in [5.41, 5.74) is 1.37. The lowest BCUT2D eigenvalue weighted by Gasteiger charge is -2.09. The van der Waals surface area contributed by atoms with Gasteiger partial charge in [-0.05, 0) is 36.4 Å². The van der Waals surface area contributed by atoms with Gasteiger partial charge in [-0.3, -0.25) is 5.32 Å². The van der Waals surface area contributed by atoms with Crippen LogP contribution in [0.1, 0.15) is 5.69 Å². The fourth-order valence-corrected chi connectivity index (χ4v) is 2.99. The molecular formula is C25H21N3O5. The largest absolute Gasteiger partial charge is 0.513 e. The number of para-hydroxylation sites is 3. The number of amides is 1. The van der Waals surface area contributed by atoms with E-state index in [0.29, 0.717) is 29.4 Å². The Kier molecular flexibility index (Phi) is 6.97. The molecule has 4 aromatic rings. The van der Waals surface area contributed by atoms with E-state index < -0.39 is 12.2 Å². The Morgan fingerprint density at radius 1 is 0.788 bits per heavy atom. The van der Waals surface area contributed by atoms with Crippen LogP contribution in [0.5, 0.6) is 11.5 Å². The first-order valence-electron chi connectivity index (χ1n) is 10.3. The zero-order valence-corrected chi connectivity index (χ0v) is 17.6. The third-order valence-electron chi connectivity index (χ3n) is 4.47. The van der Waals surface area contributed by atoms with Crippen molar-refractivity contribution >= 4 is 18.1 Å². The van der Waals surface area contributed by atoms with Gasteiger partial charge >= 0.3 is 12.2 Å². The van der Waals surface area contributed by atoms with E-state index in [-0.39, 0.29) is 6.61 Å². The number of rotatable bonds is 7. The summed E-state index contributed by atoms with van der Waals surface area (Å²) in [6.07, 6.45) is -1.12. The normalized spacial score (nSPS) is 10.3. The minimum absolute atomic E-state index is 0.0609. The number of carbonyl (C=O) groups excluding carboxylic acids is 2. The number of ether oxygens (including phenoxy) is 3. The highest BCUT2D eigenvalue weighted by Crippen LogP contribution is 2.19. The monoisotopic (exact) mass is 443 g/mol. The first kappa shape index (κ1) is 21.6. The minimum atomic E-state index is -0.798. The number of nitrogens with one attached hydrogen (secondary N) is 1. The Morgan fingerprint density at radius 2 is 1.36 bits per heavy atom. The Hall–Kier alpha value is -4.59. The molecule has 0 saturated carbocycles. The van der Waals surface area contributed by atoms with E-state index in [2.05, 4.69) is 10.4 Å². The highest BCUT2D eigenvalue weighted by Gasteiger charge is 2.15. The zero-order chi connectivity index (χ0) is 22.9. The highest BCUT2D eigenvalue weighted by molar-refractivity contribution is 5.85. The smallest absolute Gasteiger partial charge is 0.434 e. The third-order valence-corrected chi connectivity index (χ3v) is 4.47. The fraction of sp³-hybridized carbons (Fsp3) is 0.0800. The topological polar surface area (TPSA) is 91.7 Å². The van der Waals surface area contributed by atoms with E-state index in [9.17, 15) is 9.59 Å². The van der Waals surface area contributed by atoms with Crippen LogP contribution in [0, 0.1) is 0 Å². The summed E-state index contributed by atoms with van der Waals surface area (Å²) in [5.74, 6) is 1.24. The van der Waals surface area contributed by atoms with Crippen LogP contribution in [0.15, 0.2) is 97.1 Å². The molecule has 0 fully saturated rings. The summed E-state index contributed by atoms with van der Waals surface area (Å²) in [7, 11) is 0. The number of hydrogen-bond acceptors (Lipinski definition) is 6. The molecular weight excluding hydrogens is 422 g/mol. The first-order chi connectivity index (χ1) is 16.2. The second-order valence-corrected chi connectivity index (χ2v) is 6.86. The minimum Gasteiger partial charge on any atom is -0.434 e. The first-order valence-corrected chi connectivity index (χ1v) is 10.3. The summed E-state index contributed by atoms with van der Waals surface area (Å²) < 4.78 is 17.1. The van der Waals surface area contributed by atoms with Gasteiger partial charge in [0.05, 0.1) is 11.4 Å². The summed E-state index contributed by atoms with van der Waals surface area (Å²) in [4.78, 5) is 24.3. The van der Waals surface area contributed by atoms with Crippen molar-refractivity contribution in [2.45, 2.75) is 6.42 Å². The summed E-state index contributed by atoms with van der Waals surface area (Å²) >= 11 is 0. The molecule has 3 aromatic carbocycles. The van der Waals surface area contributed by atoms with E-state index in [4.69, 9.17) is 14.2 Å². The van der Waals surface area contributed by atoms with Crippen LogP contribution in [0.3, 0.4) is 0 Å². The number of carbonyl (C=O) groups is 2. The van der Waals surface area contributed by atoms with Crippen molar-refractivity contribution in [2.75, 3.05) is 11.9 Å². The lowest BCUT2D eigenvalue weighted by molar-refractivity contribution is 0.0999. The predicted molar refractivity (Wildman–Crippen MR) is 122 cm³/mol. The standard InChI is InChI=1S/C25H21N3O5/c29-24(32-21-12-6-2-7-13-21)26-23-18-19(27-28(23)20-10-4-1-5-11-20)16-17-31-25(30)33-22-14-8-3-9-15-22/h1-15,18H,16-17H2,(H,26,29). The lowest BCUT2D eigenvalue weighted by atomic mass is 10.3. The van der Waals surface area contributed by atoms with Gasteiger partial charge in [0, 0.05) is 12.5 Å². The summed E-state index contributed by atoms with van der Waals surface area (Å²) in [6.45, 7) is 0.0609. The Balaban J connectivity index is 1.41. The van der Waals surface area contributed by atoms with Crippen molar-refractivity contribution in [3.63, 3.8) is 0 Å². The maximum absolute atomic E-state index is 12.4. The Labute approximate surface area is 190 Å². The van der Waals surface area contributed by atoms with Crippen molar-refractivity contribution in [1.29, 1.82) is 0 Å². The molecule has 0 aliphatic heterocycles. The summed E-state index contributed by atoms with van der Waals surface area (Å²) in [5, 5.41) is 7.25. The second kappa shape index (κ2) is 10.6. The van der Waals surface area contributed by atoms with Gasteiger partial charge in [-0.1, -0.05) is 54.6 Å². The molecule has 4 rings (SSSR count). The van der Waals surface area contributed by atoms with Crippen molar-refractivity contribution in [3.05, 3.63) is 103 Å². The van der Waals surface area contributed by atoms with E-state index in [1.165, 1.54) is 0 Å². The van der Waals surface area contributed by atoms with Crippen molar-refractivity contribution in [2.24, 2.45) is 0 Å². The van der Waals surface area contributed by atoms with Crippen LogP contribution in [-0.2, 0) is 11.2 Å². The van der Waals surface area contributed by atoms with Crippen LogP contribution in [0.25, 0.3) is 5.69 Å². The van der Waals surface area contributed by atoms with Crippen LogP contribution in [-0.4, -0.2) is 28.6 Å². The van der Waals surface area contributed by atoms with Gasteiger partial charge in [-0.15, -0.1) is 0 Å². The zero-order valence-electron chi connectivity index (χ0n) is 17.6. The average molecular weight is 443 g/mol. The molecule has 33 heavy (non-hydrogen) atoms. The molecule has 0 aliphatic carbocycles. The van der Waals surface area contributed by atoms with Crippen LogP contribution < -0.4 is 14.8 Å². The average Bonchev–Trinajstić information content (AvgIpc) is 3.23.